The quantitative estimate of drug-likeness (QED) is 0.184. The van der Waals surface area contributed by atoms with E-state index in [1.807, 2.05) is 25.1 Å². The van der Waals surface area contributed by atoms with Crippen LogP contribution < -0.4 is 19.1 Å². The molecule has 3 aromatic rings. The number of anilines is 1. The number of methoxy groups -OCH3 is 3. The molecule has 0 radical (unpaired) electrons. The summed E-state index contributed by atoms with van der Waals surface area (Å²) in [6.07, 6.45) is 9.54. The second kappa shape index (κ2) is 18.7. The fraction of sp³-hybridized carbons (Fsp3) is 0.558. The molecule has 14 nitrogen and oxygen atoms in total. The first-order valence-electron chi connectivity index (χ1n) is 20.3. The molecule has 2 aliphatic heterocycles. The van der Waals surface area contributed by atoms with Gasteiger partial charge < -0.3 is 33.3 Å². The normalized spacial score (nSPS) is 28.6. The average molecular weight is 854 g/mol. The number of aromatic nitrogens is 2. The zero-order valence-electron chi connectivity index (χ0n) is 34.5. The summed E-state index contributed by atoms with van der Waals surface area (Å²) in [7, 11) is 2.58. The van der Waals surface area contributed by atoms with Crippen molar-refractivity contribution in [3.8, 4) is 11.6 Å². The summed E-state index contributed by atoms with van der Waals surface area (Å²) in [5.74, 6) is -0.946. The lowest BCUT2D eigenvalue weighted by atomic mass is 9.68. The highest BCUT2D eigenvalue weighted by molar-refractivity contribution is 7.92. The molecule has 1 aromatic heterocycles. The Bertz CT molecular complexity index is 2150. The van der Waals surface area contributed by atoms with Gasteiger partial charge in [0.15, 0.2) is 0 Å². The van der Waals surface area contributed by atoms with Crippen LogP contribution in [0.2, 0.25) is 5.02 Å². The van der Waals surface area contributed by atoms with E-state index in [-0.39, 0.29) is 46.8 Å². The van der Waals surface area contributed by atoms with Gasteiger partial charge in [-0.25, -0.2) is 4.21 Å². The standard InChI is InChI=1S/C43H56ClN5O9S/c1-28-25-59(52,47-41(51)34-24-48(2)45-42(34)55-5)46-40(50)30-9-13-39-36(22-30)49(26-43(27-58-39)16-6-7-29-21-32(44)10-12-35(29)43)23-31-8-11-33(31)38(54-4)15-14-37(28)57-20-19-56-18-17-53-3/h9-10,12-15,21-22,24,28,31,33,37-38H,6-8,11,16-20,23,25-27H2,1-5H3,(H,46,47,50,51,52)/b15-14+/t28-,31+,33-,37+,38+,43+,59?/m1/s1. The number of benzene rings is 2. The lowest BCUT2D eigenvalue weighted by Crippen LogP contribution is -2.49. The van der Waals surface area contributed by atoms with Crippen LogP contribution in [0.15, 0.2) is 59.1 Å². The molecule has 2 bridgehead atoms. The summed E-state index contributed by atoms with van der Waals surface area (Å²) in [5, 5.41) is 4.90. The zero-order valence-corrected chi connectivity index (χ0v) is 36.1. The summed E-state index contributed by atoms with van der Waals surface area (Å²) in [5.41, 5.74) is 3.22. The van der Waals surface area contributed by atoms with E-state index in [9.17, 15) is 9.59 Å². The maximum absolute atomic E-state index is 15.1. The van der Waals surface area contributed by atoms with E-state index in [1.165, 1.54) is 29.1 Å². The van der Waals surface area contributed by atoms with Gasteiger partial charge in [-0.1, -0.05) is 36.7 Å². The van der Waals surface area contributed by atoms with Gasteiger partial charge in [0, 0.05) is 62.5 Å². The Balaban J connectivity index is 1.30. The van der Waals surface area contributed by atoms with Crippen molar-refractivity contribution >= 4 is 39.0 Å². The molecule has 1 fully saturated rings. The molecule has 1 saturated carbocycles. The number of nitrogens with zero attached hydrogens (tertiary/aromatic N) is 4. The first-order valence-corrected chi connectivity index (χ1v) is 22.4. The van der Waals surface area contributed by atoms with Crippen molar-refractivity contribution in [2.45, 2.75) is 56.7 Å². The van der Waals surface area contributed by atoms with Gasteiger partial charge in [0.05, 0.1) is 63.8 Å². The number of halogens is 1. The third-order valence-corrected chi connectivity index (χ3v) is 14.3. The molecule has 7 rings (SSSR count). The highest BCUT2D eigenvalue weighted by Gasteiger charge is 2.44. The van der Waals surface area contributed by atoms with Crippen LogP contribution in [0.25, 0.3) is 0 Å². The molecule has 7 atom stereocenters. The minimum Gasteiger partial charge on any atom is -0.490 e. The van der Waals surface area contributed by atoms with Crippen molar-refractivity contribution in [1.82, 2.24) is 14.5 Å². The number of hydrogen-bond acceptors (Lipinski definition) is 11. The van der Waals surface area contributed by atoms with Crippen LogP contribution in [0.5, 0.6) is 11.6 Å². The summed E-state index contributed by atoms with van der Waals surface area (Å²) in [6, 6.07) is 11.4. The van der Waals surface area contributed by atoms with Crippen molar-refractivity contribution in [3.63, 3.8) is 0 Å². The molecular formula is C43H56ClN5O9S. The van der Waals surface area contributed by atoms with Crippen molar-refractivity contribution in [3.05, 3.63) is 82.0 Å². The Morgan fingerprint density at radius 3 is 2.64 bits per heavy atom. The highest BCUT2D eigenvalue weighted by Crippen LogP contribution is 2.47. The molecule has 2 amide bonds. The Morgan fingerprint density at radius 1 is 1.07 bits per heavy atom. The van der Waals surface area contributed by atoms with Crippen molar-refractivity contribution in [1.29, 1.82) is 0 Å². The number of nitrogens with one attached hydrogen (secondary N) is 1. The topological polar surface area (TPSA) is 152 Å². The lowest BCUT2D eigenvalue weighted by Gasteiger charge is -2.46. The van der Waals surface area contributed by atoms with E-state index < -0.39 is 33.8 Å². The number of hydrogen-bond donors (Lipinski definition) is 1. The number of amides is 2. The maximum atomic E-state index is 15.1. The Hall–Kier alpha value is -3.99. The van der Waals surface area contributed by atoms with Crippen molar-refractivity contribution in [2.24, 2.45) is 29.2 Å². The summed E-state index contributed by atoms with van der Waals surface area (Å²) in [6.45, 7) is 5.13. The minimum atomic E-state index is -3.80. The fourth-order valence-corrected chi connectivity index (χ4v) is 11.1. The molecule has 59 heavy (non-hydrogen) atoms. The SMILES string of the molecule is COCCOCCO[C@H]1/C=C/[C@H](OC)[C@@H]2CC[C@H]2CN2C[C@@]3(CCCc4cc(Cl)ccc43)COc3ccc(cc32)C(=O)N=S(=O)(NC(=O)c2cn(C)nc2OC)C[C@H]1C. The molecule has 0 saturated heterocycles. The van der Waals surface area contributed by atoms with E-state index in [0.717, 1.165) is 42.8 Å². The molecule has 4 aliphatic rings. The minimum absolute atomic E-state index is 0.0467. The molecule has 2 aromatic carbocycles. The van der Waals surface area contributed by atoms with Gasteiger partial charge in [-0.3, -0.25) is 19.0 Å². The molecule has 16 heteroatoms. The van der Waals surface area contributed by atoms with Gasteiger partial charge in [-0.2, -0.15) is 0 Å². The molecule has 1 N–H and O–H groups in total. The third kappa shape index (κ3) is 9.66. The number of aryl methyl sites for hydroxylation is 2. The van der Waals surface area contributed by atoms with Crippen LogP contribution in [0, 0.1) is 17.8 Å². The van der Waals surface area contributed by atoms with E-state index in [2.05, 4.69) is 31.2 Å². The third-order valence-electron chi connectivity index (χ3n) is 12.1. The second-order valence-corrected chi connectivity index (χ2v) is 18.6. The lowest BCUT2D eigenvalue weighted by molar-refractivity contribution is -0.00683. The predicted octanol–water partition coefficient (Wildman–Crippen LogP) is 5.80. The van der Waals surface area contributed by atoms with Gasteiger partial charge in [-0.15, -0.1) is 9.46 Å². The number of carbonyl (C=O) groups is 2. The number of carbonyl (C=O) groups excluding carboxylic acids is 2. The Labute approximate surface area is 352 Å². The van der Waals surface area contributed by atoms with Gasteiger partial charge >= 0.3 is 0 Å². The molecule has 1 unspecified atom stereocenters. The van der Waals surface area contributed by atoms with E-state index >= 15 is 4.21 Å². The number of fused-ring (bicyclic) bond motifs is 4. The average Bonchev–Trinajstić information content (AvgIpc) is 3.52. The van der Waals surface area contributed by atoms with Crippen LogP contribution in [0.3, 0.4) is 0 Å². The monoisotopic (exact) mass is 853 g/mol. The van der Waals surface area contributed by atoms with Gasteiger partial charge in [0.1, 0.15) is 21.2 Å². The maximum Gasteiger partial charge on any atom is 0.286 e. The molecule has 2 aliphatic carbocycles. The van der Waals surface area contributed by atoms with Crippen molar-refractivity contribution in [2.75, 3.05) is 78.1 Å². The smallest absolute Gasteiger partial charge is 0.286 e. The first-order chi connectivity index (χ1) is 28.4. The molecular weight excluding hydrogens is 798 g/mol. The fourth-order valence-electron chi connectivity index (χ4n) is 9.01. The van der Waals surface area contributed by atoms with Gasteiger partial charge in [0.25, 0.3) is 11.8 Å². The summed E-state index contributed by atoms with van der Waals surface area (Å²) in [4.78, 5) is 30.5. The molecule has 1 spiro atoms. The largest absolute Gasteiger partial charge is 0.490 e. The zero-order chi connectivity index (χ0) is 41.7. The van der Waals surface area contributed by atoms with Crippen LogP contribution in [0.1, 0.15) is 64.4 Å². The Morgan fingerprint density at radius 2 is 1.88 bits per heavy atom. The van der Waals surface area contributed by atoms with E-state index in [0.29, 0.717) is 51.2 Å². The predicted molar refractivity (Wildman–Crippen MR) is 225 cm³/mol. The number of ether oxygens (including phenoxy) is 6. The van der Waals surface area contributed by atoms with Crippen LogP contribution >= 0.6 is 11.6 Å². The Kier molecular flexibility index (Phi) is 13.7. The first kappa shape index (κ1) is 43.1. The van der Waals surface area contributed by atoms with Crippen LogP contribution in [-0.4, -0.2) is 111 Å². The van der Waals surface area contributed by atoms with E-state index in [1.54, 1.807) is 39.5 Å². The number of rotatable bonds is 11. The van der Waals surface area contributed by atoms with Gasteiger partial charge in [0.2, 0.25) is 5.88 Å². The van der Waals surface area contributed by atoms with Gasteiger partial charge in [-0.05, 0) is 85.4 Å². The summed E-state index contributed by atoms with van der Waals surface area (Å²) >= 11 is 6.49. The summed E-state index contributed by atoms with van der Waals surface area (Å²) < 4.78 is 58.8. The van der Waals surface area contributed by atoms with Crippen LogP contribution in [0.4, 0.5) is 5.69 Å². The van der Waals surface area contributed by atoms with E-state index in [4.69, 9.17) is 40.0 Å². The molecule has 3 heterocycles. The second-order valence-electron chi connectivity index (χ2n) is 16.2. The van der Waals surface area contributed by atoms with Crippen LogP contribution in [-0.2, 0) is 47.7 Å². The highest BCUT2D eigenvalue weighted by atomic mass is 35.5. The van der Waals surface area contributed by atoms with Crippen molar-refractivity contribution < 1.29 is 42.2 Å². The molecule has 320 valence electrons.